The number of esters is 1. The van der Waals surface area contributed by atoms with E-state index >= 15 is 0 Å². The number of hydrogen-bond acceptors (Lipinski definition) is 7. The second kappa shape index (κ2) is 8.00. The van der Waals surface area contributed by atoms with E-state index in [9.17, 15) is 14.4 Å². The average Bonchev–Trinajstić information content (AvgIpc) is 3.06. The van der Waals surface area contributed by atoms with Crippen molar-refractivity contribution in [3.8, 4) is 11.3 Å². The molecule has 3 rings (SSSR count). The van der Waals surface area contributed by atoms with Gasteiger partial charge in [0.25, 0.3) is 5.91 Å². The van der Waals surface area contributed by atoms with Gasteiger partial charge in [0.1, 0.15) is 11.4 Å². The van der Waals surface area contributed by atoms with E-state index in [1.807, 2.05) is 0 Å². The number of anilines is 1. The molecule has 2 amide bonds. The summed E-state index contributed by atoms with van der Waals surface area (Å²) in [5.41, 5.74) is 3.09. The maximum Gasteiger partial charge on any atom is 0.346 e. The van der Waals surface area contributed by atoms with Gasteiger partial charge in [0.05, 0.1) is 6.61 Å². The predicted molar refractivity (Wildman–Crippen MR) is 96.3 cm³/mol. The summed E-state index contributed by atoms with van der Waals surface area (Å²) in [7, 11) is 0. The van der Waals surface area contributed by atoms with E-state index in [1.165, 1.54) is 0 Å². The van der Waals surface area contributed by atoms with Crippen molar-refractivity contribution >= 4 is 41.0 Å². The minimum absolute atomic E-state index is 0.0204. The molecule has 2 N–H and O–H groups in total. The van der Waals surface area contributed by atoms with Crippen LogP contribution < -0.4 is 10.7 Å². The molecule has 1 aliphatic rings. The molecule has 0 radical (unpaired) electrons. The largest absolute Gasteiger partial charge is 0.462 e. The van der Waals surface area contributed by atoms with E-state index in [-0.39, 0.29) is 48.2 Å². The van der Waals surface area contributed by atoms with Crippen LogP contribution in [0.2, 0.25) is 5.02 Å². The van der Waals surface area contributed by atoms with Crippen molar-refractivity contribution < 1.29 is 23.6 Å². The Kier molecular flexibility index (Phi) is 5.51. The highest BCUT2D eigenvalue weighted by Crippen LogP contribution is 2.30. The molecule has 2 aromatic rings. The number of ether oxygens (including phenoxy) is 1. The SMILES string of the molecule is CCOC(=O)c1c(-c2ccc(Cl)cc2)noc1NC(=O)C1=NNC(=O)CC1. The molecule has 0 saturated carbocycles. The van der Waals surface area contributed by atoms with Crippen LogP contribution in [0.1, 0.15) is 30.1 Å². The van der Waals surface area contributed by atoms with Crippen molar-refractivity contribution in [3.63, 3.8) is 0 Å². The van der Waals surface area contributed by atoms with E-state index < -0.39 is 11.9 Å². The van der Waals surface area contributed by atoms with Crippen molar-refractivity contribution in [2.24, 2.45) is 5.10 Å². The molecule has 1 aromatic carbocycles. The van der Waals surface area contributed by atoms with Gasteiger partial charge in [0.2, 0.25) is 11.8 Å². The number of halogens is 1. The number of nitrogens with one attached hydrogen (secondary N) is 2. The van der Waals surface area contributed by atoms with Crippen LogP contribution in [0.25, 0.3) is 11.3 Å². The molecule has 9 nitrogen and oxygen atoms in total. The molecule has 0 fully saturated rings. The van der Waals surface area contributed by atoms with Gasteiger partial charge in [-0.3, -0.25) is 14.9 Å². The molecule has 0 spiro atoms. The van der Waals surface area contributed by atoms with Crippen LogP contribution in [0.15, 0.2) is 33.9 Å². The maximum absolute atomic E-state index is 12.4. The van der Waals surface area contributed by atoms with Gasteiger partial charge in [-0.05, 0) is 19.1 Å². The standard InChI is InChI=1S/C17H15ClN4O5/c1-2-26-17(25)13-14(9-3-5-10(18)6-4-9)22-27-16(13)19-15(24)11-7-8-12(23)21-20-11/h3-6H,2,7-8H2,1H3,(H,19,24)(H,21,23). The maximum atomic E-state index is 12.4. The van der Waals surface area contributed by atoms with Gasteiger partial charge in [0, 0.05) is 23.4 Å². The van der Waals surface area contributed by atoms with Crippen LogP contribution >= 0.6 is 11.6 Å². The quantitative estimate of drug-likeness (QED) is 0.755. The normalized spacial score (nSPS) is 13.6. The number of hydrogen-bond donors (Lipinski definition) is 2. The Balaban J connectivity index is 1.93. The average molecular weight is 391 g/mol. The number of rotatable bonds is 5. The molecular weight excluding hydrogens is 376 g/mol. The van der Waals surface area contributed by atoms with Crippen molar-refractivity contribution in [2.45, 2.75) is 19.8 Å². The van der Waals surface area contributed by atoms with Gasteiger partial charge in [-0.25, -0.2) is 10.2 Å². The lowest BCUT2D eigenvalue weighted by atomic mass is 10.1. The van der Waals surface area contributed by atoms with Crippen molar-refractivity contribution in [1.82, 2.24) is 10.6 Å². The lowest BCUT2D eigenvalue weighted by Gasteiger charge is -2.11. The Labute approximate surface area is 158 Å². The van der Waals surface area contributed by atoms with Crippen LogP contribution in [0.4, 0.5) is 5.88 Å². The molecule has 1 aliphatic heterocycles. The Morgan fingerprint density at radius 1 is 1.30 bits per heavy atom. The fourth-order valence-corrected chi connectivity index (χ4v) is 2.51. The molecule has 0 bridgehead atoms. The third-order valence-electron chi connectivity index (χ3n) is 3.68. The second-order valence-corrected chi connectivity index (χ2v) is 5.95. The molecule has 0 saturated heterocycles. The third-order valence-corrected chi connectivity index (χ3v) is 3.93. The summed E-state index contributed by atoms with van der Waals surface area (Å²) in [6, 6.07) is 6.60. The van der Waals surface area contributed by atoms with Gasteiger partial charge < -0.3 is 9.26 Å². The highest BCUT2D eigenvalue weighted by Gasteiger charge is 2.28. The van der Waals surface area contributed by atoms with Crippen LogP contribution in [0.5, 0.6) is 0 Å². The summed E-state index contributed by atoms with van der Waals surface area (Å²) in [4.78, 5) is 35.9. The van der Waals surface area contributed by atoms with Gasteiger partial charge in [-0.1, -0.05) is 28.9 Å². The molecule has 0 aliphatic carbocycles. The molecule has 27 heavy (non-hydrogen) atoms. The summed E-state index contributed by atoms with van der Waals surface area (Å²) in [5, 5.41) is 10.6. The first kappa shape index (κ1) is 18.6. The van der Waals surface area contributed by atoms with Crippen molar-refractivity contribution in [2.75, 3.05) is 11.9 Å². The van der Waals surface area contributed by atoms with Crippen LogP contribution in [-0.4, -0.2) is 35.3 Å². The number of nitrogens with zero attached hydrogens (tertiary/aromatic N) is 2. The number of aromatic nitrogens is 1. The fourth-order valence-electron chi connectivity index (χ4n) is 2.39. The highest BCUT2D eigenvalue weighted by atomic mass is 35.5. The highest BCUT2D eigenvalue weighted by molar-refractivity contribution is 6.43. The van der Waals surface area contributed by atoms with Gasteiger partial charge in [-0.2, -0.15) is 5.10 Å². The van der Waals surface area contributed by atoms with E-state index in [2.05, 4.69) is 21.0 Å². The monoisotopic (exact) mass is 390 g/mol. The van der Waals surface area contributed by atoms with Gasteiger partial charge in [-0.15, -0.1) is 0 Å². The minimum Gasteiger partial charge on any atom is -0.462 e. The zero-order valence-electron chi connectivity index (χ0n) is 14.2. The third kappa shape index (κ3) is 4.14. The summed E-state index contributed by atoms with van der Waals surface area (Å²) in [5.74, 6) is -1.75. The second-order valence-electron chi connectivity index (χ2n) is 5.51. The lowest BCUT2D eigenvalue weighted by Crippen LogP contribution is -2.33. The zero-order valence-corrected chi connectivity index (χ0v) is 15.0. The van der Waals surface area contributed by atoms with Crippen molar-refractivity contribution in [1.29, 1.82) is 0 Å². The number of carbonyl (C=O) groups is 3. The molecule has 1 aromatic heterocycles. The molecule has 140 valence electrons. The number of benzene rings is 1. The first-order valence-electron chi connectivity index (χ1n) is 8.09. The first-order chi connectivity index (χ1) is 13.0. The number of carbonyl (C=O) groups excluding carboxylic acids is 3. The number of hydrazone groups is 1. The topological polar surface area (TPSA) is 123 Å². The summed E-state index contributed by atoms with van der Waals surface area (Å²) in [6.45, 7) is 1.79. The molecule has 0 atom stereocenters. The zero-order chi connectivity index (χ0) is 19.4. The minimum atomic E-state index is -0.696. The van der Waals surface area contributed by atoms with Gasteiger partial charge in [0.15, 0.2) is 5.56 Å². The van der Waals surface area contributed by atoms with Crippen LogP contribution in [0, 0.1) is 0 Å². The fraction of sp³-hybridized carbons (Fsp3) is 0.235. The van der Waals surface area contributed by atoms with Crippen LogP contribution in [0.3, 0.4) is 0 Å². The van der Waals surface area contributed by atoms with E-state index in [4.69, 9.17) is 20.9 Å². The number of amides is 2. The summed E-state index contributed by atoms with van der Waals surface area (Å²) in [6.07, 6.45) is 0.313. The molecule has 0 unspecified atom stereocenters. The predicted octanol–water partition coefficient (Wildman–Crippen LogP) is 2.38. The molecule has 10 heteroatoms. The summed E-state index contributed by atoms with van der Waals surface area (Å²) >= 11 is 5.89. The van der Waals surface area contributed by atoms with Crippen LogP contribution in [-0.2, 0) is 14.3 Å². The first-order valence-corrected chi connectivity index (χ1v) is 8.47. The molecule has 2 heterocycles. The van der Waals surface area contributed by atoms with E-state index in [0.29, 0.717) is 10.6 Å². The van der Waals surface area contributed by atoms with Crippen molar-refractivity contribution in [3.05, 3.63) is 34.9 Å². The Morgan fingerprint density at radius 3 is 2.67 bits per heavy atom. The smallest absolute Gasteiger partial charge is 0.346 e. The lowest BCUT2D eigenvalue weighted by molar-refractivity contribution is -0.121. The van der Waals surface area contributed by atoms with E-state index in [1.54, 1.807) is 31.2 Å². The Morgan fingerprint density at radius 2 is 2.04 bits per heavy atom. The Hall–Kier alpha value is -3.20. The Bertz CT molecular complexity index is 920. The van der Waals surface area contributed by atoms with E-state index in [0.717, 1.165) is 0 Å². The van der Waals surface area contributed by atoms with Gasteiger partial charge >= 0.3 is 5.97 Å². The molecular formula is C17H15ClN4O5. The summed E-state index contributed by atoms with van der Waals surface area (Å²) < 4.78 is 10.2.